The molecule has 0 N–H and O–H groups in total. The monoisotopic (exact) mass is 439 g/mol. The molecule has 4 rings (SSSR count). The molecule has 176 valence electrons. The highest BCUT2D eigenvalue weighted by atomic mass is 16.8. The highest BCUT2D eigenvalue weighted by Gasteiger charge is 2.46. The Balaban J connectivity index is 0.00000256. The lowest BCUT2D eigenvalue weighted by Gasteiger charge is -2.46. The normalized spacial score (nSPS) is 24.5. The Morgan fingerprint density at radius 3 is 1.65 bits per heavy atom. The van der Waals surface area contributed by atoms with Gasteiger partial charge in [-0.15, -0.1) is 0 Å². The average Bonchev–Trinajstić information content (AvgIpc) is 2.67. The Morgan fingerprint density at radius 1 is 0.710 bits per heavy atom. The Labute approximate surface area is 185 Å². The van der Waals surface area contributed by atoms with Crippen LogP contribution in [0, 0.1) is 0 Å². The van der Waals surface area contributed by atoms with E-state index in [9.17, 15) is 19.5 Å². The lowest BCUT2D eigenvalue weighted by molar-refractivity contribution is -0.401. The minimum atomic E-state index is -1.16. The molecule has 2 aliphatic carbocycles. The minimum absolute atomic E-state index is 0. The van der Waals surface area contributed by atoms with Crippen molar-refractivity contribution in [1.82, 2.24) is 0 Å². The number of hydrogen-bond donors (Lipinski definition) is 0. The molecule has 2 spiro atoms. The summed E-state index contributed by atoms with van der Waals surface area (Å²) in [6.07, 6.45) is 10.8. The molecule has 1 saturated heterocycles. The second kappa shape index (κ2) is 9.58. The fourth-order valence-corrected chi connectivity index (χ4v) is 4.21. The zero-order chi connectivity index (χ0) is 20.5. The van der Waals surface area contributed by atoms with Crippen LogP contribution in [-0.2, 0) is 33.3 Å². The molecule has 0 unspecified atom stereocenters. The summed E-state index contributed by atoms with van der Waals surface area (Å²) in [5, 5.41) is 12.3. The first-order valence-corrected chi connectivity index (χ1v) is 10.1. The van der Waals surface area contributed by atoms with Crippen molar-refractivity contribution in [1.29, 1.82) is 0 Å². The highest BCUT2D eigenvalue weighted by Crippen LogP contribution is 2.38. The van der Waals surface area contributed by atoms with Crippen LogP contribution in [0.2, 0.25) is 0 Å². The van der Waals surface area contributed by atoms with Gasteiger partial charge in [0.05, 0.1) is 11.5 Å². The van der Waals surface area contributed by atoms with Gasteiger partial charge in [-0.1, -0.05) is 33.8 Å². The molecule has 0 aromatic carbocycles. The first-order valence-electron chi connectivity index (χ1n) is 10.1. The number of allylic oxidation sites excluding steroid dienone is 2. The predicted octanol–water partition coefficient (Wildman–Crippen LogP) is 3.80. The van der Waals surface area contributed by atoms with Gasteiger partial charge < -0.3 is 24.1 Å². The van der Waals surface area contributed by atoms with Crippen LogP contribution in [0.1, 0.15) is 81.9 Å². The summed E-state index contributed by atoms with van der Waals surface area (Å²) in [4.78, 5) is 36.8. The fraction of sp³-hybridized carbons (Fsp3) is 0.609. The zero-order valence-corrected chi connectivity index (χ0v) is 16.1. The molecular weight excluding hydrogens is 404 g/mol. The smallest absolute Gasteiger partial charge is 0.348 e. The summed E-state index contributed by atoms with van der Waals surface area (Å²) in [6.45, 7) is 0. The molecule has 8 nitrogen and oxygen atoms in total. The Hall–Kier alpha value is -2.77. The molecule has 2 aliphatic heterocycles. The Morgan fingerprint density at radius 2 is 1.16 bits per heavy atom. The molecule has 31 heavy (non-hydrogen) atoms. The highest BCUT2D eigenvalue weighted by molar-refractivity contribution is 6.15. The maximum Gasteiger partial charge on any atom is 0.348 e. The van der Waals surface area contributed by atoms with Gasteiger partial charge in [0.15, 0.2) is 5.79 Å². The van der Waals surface area contributed by atoms with Gasteiger partial charge in [0.2, 0.25) is 0 Å². The number of ether oxygens (including phenoxy) is 4. The van der Waals surface area contributed by atoms with Crippen molar-refractivity contribution in [3.63, 3.8) is 0 Å². The SMILES string of the molecule is C.C.O=C1OC2(CCCCC2)OC(=O)C1=CC=CC1=C([O-])OC2(CCCCC2)OC1=O.[HH].[HH]. The number of hydrogen-bond acceptors (Lipinski definition) is 8. The summed E-state index contributed by atoms with van der Waals surface area (Å²) in [6, 6.07) is 0. The molecule has 4 aliphatic rings. The number of rotatable bonds is 2. The van der Waals surface area contributed by atoms with Crippen molar-refractivity contribution in [2.75, 3.05) is 0 Å². The van der Waals surface area contributed by atoms with Gasteiger partial charge in [-0.25, -0.2) is 14.4 Å². The lowest BCUT2D eigenvalue weighted by atomic mass is 9.93. The molecule has 0 aromatic heterocycles. The van der Waals surface area contributed by atoms with Crippen LogP contribution in [0.15, 0.2) is 35.3 Å². The van der Waals surface area contributed by atoms with Crippen molar-refractivity contribution in [3.05, 3.63) is 35.3 Å². The molecule has 8 heteroatoms. The van der Waals surface area contributed by atoms with Crippen LogP contribution in [0.25, 0.3) is 0 Å². The average molecular weight is 440 g/mol. The van der Waals surface area contributed by atoms with Crippen LogP contribution in [-0.4, -0.2) is 29.5 Å². The van der Waals surface area contributed by atoms with Crippen molar-refractivity contribution < 1.29 is 41.3 Å². The third-order valence-corrected chi connectivity index (χ3v) is 5.75. The first kappa shape index (κ1) is 24.5. The predicted molar refractivity (Wildman–Crippen MR) is 113 cm³/mol. The van der Waals surface area contributed by atoms with E-state index in [1.54, 1.807) is 0 Å². The lowest BCUT2D eigenvalue weighted by Crippen LogP contribution is -2.47. The standard InChI is InChI=1S/C21H24O8.2CH4.2H2/c22-16-14(17(23)27-20(26-16)10-3-1-4-11-20)8-7-9-15-18(24)28-21(29-19(15)25)12-5-2-6-13-21;;;;/h7-9,22H,1-6,10-13H2;2*1H4;2*1H/p-1. The molecule has 0 bridgehead atoms. The van der Waals surface area contributed by atoms with E-state index in [4.69, 9.17) is 18.9 Å². The summed E-state index contributed by atoms with van der Waals surface area (Å²) >= 11 is 0. The van der Waals surface area contributed by atoms with Gasteiger partial charge in [-0.3, -0.25) is 0 Å². The van der Waals surface area contributed by atoms with E-state index in [1.165, 1.54) is 18.2 Å². The molecule has 2 saturated carbocycles. The van der Waals surface area contributed by atoms with Crippen molar-refractivity contribution >= 4 is 17.9 Å². The van der Waals surface area contributed by atoms with Crippen LogP contribution in [0.4, 0.5) is 0 Å². The quantitative estimate of drug-likeness (QED) is 0.363. The van der Waals surface area contributed by atoms with E-state index in [0.717, 1.165) is 38.5 Å². The molecule has 0 atom stereocenters. The molecule has 2 heterocycles. The van der Waals surface area contributed by atoms with Crippen molar-refractivity contribution in [2.24, 2.45) is 0 Å². The van der Waals surface area contributed by atoms with E-state index >= 15 is 0 Å². The van der Waals surface area contributed by atoms with Gasteiger partial charge >= 0.3 is 17.9 Å². The van der Waals surface area contributed by atoms with E-state index in [2.05, 4.69) is 0 Å². The van der Waals surface area contributed by atoms with E-state index in [1.807, 2.05) is 0 Å². The van der Waals surface area contributed by atoms with Crippen molar-refractivity contribution in [2.45, 2.75) is 90.6 Å². The van der Waals surface area contributed by atoms with Gasteiger partial charge in [0.25, 0.3) is 5.79 Å². The summed E-state index contributed by atoms with van der Waals surface area (Å²) in [5.41, 5.74) is -0.585. The maximum absolute atomic E-state index is 12.3. The number of esters is 3. The third kappa shape index (κ3) is 4.94. The largest absolute Gasteiger partial charge is 0.574 e. The Kier molecular flexibility index (Phi) is 7.57. The van der Waals surface area contributed by atoms with Gasteiger partial charge in [0, 0.05) is 15.7 Å². The summed E-state index contributed by atoms with van der Waals surface area (Å²) < 4.78 is 21.5. The molecule has 0 radical (unpaired) electrons. The van der Waals surface area contributed by atoms with Gasteiger partial charge in [0.1, 0.15) is 5.57 Å². The number of carbonyl (C=O) groups excluding carboxylic acids is 3. The second-order valence-corrected chi connectivity index (χ2v) is 7.85. The summed E-state index contributed by atoms with van der Waals surface area (Å²) in [5.74, 6) is -5.40. The molecule has 3 fully saturated rings. The molecular formula is C23H35O8-. The van der Waals surface area contributed by atoms with Crippen LogP contribution >= 0.6 is 0 Å². The van der Waals surface area contributed by atoms with Gasteiger partial charge in [-0.2, -0.15) is 0 Å². The first-order chi connectivity index (χ1) is 13.9. The fourth-order valence-electron chi connectivity index (χ4n) is 4.21. The number of carbonyl (C=O) groups is 3. The topological polar surface area (TPSA) is 111 Å². The van der Waals surface area contributed by atoms with Crippen molar-refractivity contribution in [3.8, 4) is 0 Å². The zero-order valence-electron chi connectivity index (χ0n) is 16.1. The van der Waals surface area contributed by atoms with E-state index < -0.39 is 35.4 Å². The van der Waals surface area contributed by atoms with Crippen LogP contribution < -0.4 is 5.11 Å². The maximum atomic E-state index is 12.3. The van der Waals surface area contributed by atoms with Crippen LogP contribution in [0.5, 0.6) is 0 Å². The summed E-state index contributed by atoms with van der Waals surface area (Å²) in [7, 11) is 0. The van der Waals surface area contributed by atoms with Crippen LogP contribution in [0.3, 0.4) is 0 Å². The molecule has 0 aromatic rings. The minimum Gasteiger partial charge on any atom is -0.574 e. The Bertz CT molecular complexity index is 796. The van der Waals surface area contributed by atoms with E-state index in [-0.39, 0.29) is 28.9 Å². The molecule has 0 amide bonds. The van der Waals surface area contributed by atoms with E-state index in [0.29, 0.717) is 25.7 Å². The third-order valence-electron chi connectivity index (χ3n) is 5.75. The van der Waals surface area contributed by atoms with Gasteiger partial charge in [-0.05, 0) is 50.7 Å². The second-order valence-electron chi connectivity index (χ2n) is 7.85.